The van der Waals surface area contributed by atoms with Crippen LogP contribution in [0.4, 0.5) is 0 Å². The first kappa shape index (κ1) is 22.6. The second-order valence-corrected chi connectivity index (χ2v) is 6.41. The topological polar surface area (TPSA) is 142 Å². The number of benzene rings is 1. The molecule has 0 saturated carbocycles. The van der Waals surface area contributed by atoms with Crippen LogP contribution in [-0.2, 0) is 4.79 Å². The van der Waals surface area contributed by atoms with Crippen molar-refractivity contribution in [3.63, 3.8) is 0 Å². The molecule has 1 aromatic carbocycles. The first-order valence-corrected chi connectivity index (χ1v) is 9.22. The van der Waals surface area contributed by atoms with Crippen molar-refractivity contribution in [3.8, 4) is 0 Å². The van der Waals surface area contributed by atoms with Crippen molar-refractivity contribution in [2.75, 3.05) is 19.6 Å². The van der Waals surface area contributed by atoms with Crippen LogP contribution >= 0.6 is 0 Å². The van der Waals surface area contributed by atoms with Gasteiger partial charge in [-0.3, -0.25) is 4.79 Å². The summed E-state index contributed by atoms with van der Waals surface area (Å²) in [4.78, 5) is 31.1. The van der Waals surface area contributed by atoms with Gasteiger partial charge < -0.3 is 26.6 Å². The van der Waals surface area contributed by atoms with Gasteiger partial charge in [-0.2, -0.15) is 0 Å². The van der Waals surface area contributed by atoms with Gasteiger partial charge in [-0.1, -0.05) is 18.9 Å². The van der Waals surface area contributed by atoms with Crippen molar-refractivity contribution in [1.29, 1.82) is 0 Å². The SMILES string of the molecule is C1CCCNCC1.NC(=O)[C@@H]1CCCN1.O=C(O)c1cccc(C(=O)O)c1. The normalized spacial score (nSPS) is 18.7. The van der Waals surface area contributed by atoms with E-state index in [0.29, 0.717) is 0 Å². The zero-order valence-corrected chi connectivity index (χ0v) is 15.4. The first-order chi connectivity index (χ1) is 12.9. The number of carbonyl (C=O) groups excluding carboxylic acids is 1. The van der Waals surface area contributed by atoms with Crippen LogP contribution in [0.2, 0.25) is 0 Å². The number of rotatable bonds is 3. The summed E-state index contributed by atoms with van der Waals surface area (Å²) in [6.45, 7) is 3.44. The molecule has 0 spiro atoms. The van der Waals surface area contributed by atoms with E-state index in [1.807, 2.05) is 0 Å². The molecule has 3 rings (SSSR count). The van der Waals surface area contributed by atoms with E-state index in [0.717, 1.165) is 25.5 Å². The molecule has 0 unspecified atom stereocenters. The Balaban J connectivity index is 0.000000212. The van der Waals surface area contributed by atoms with Crippen LogP contribution in [0.15, 0.2) is 24.3 Å². The maximum absolute atomic E-state index is 10.4. The molecule has 1 amide bonds. The van der Waals surface area contributed by atoms with Crippen LogP contribution in [-0.4, -0.2) is 53.7 Å². The highest BCUT2D eigenvalue weighted by molar-refractivity contribution is 5.93. The highest BCUT2D eigenvalue weighted by atomic mass is 16.4. The van der Waals surface area contributed by atoms with Gasteiger partial charge in [0.05, 0.1) is 17.2 Å². The number of amides is 1. The second-order valence-electron chi connectivity index (χ2n) is 6.41. The molecule has 0 radical (unpaired) electrons. The summed E-state index contributed by atoms with van der Waals surface area (Å²) in [5.74, 6) is -2.47. The van der Waals surface area contributed by atoms with E-state index in [9.17, 15) is 14.4 Å². The number of carbonyl (C=O) groups is 3. The van der Waals surface area contributed by atoms with Crippen LogP contribution in [0.1, 0.15) is 59.2 Å². The lowest BCUT2D eigenvalue weighted by Gasteiger charge is -2.01. The van der Waals surface area contributed by atoms with Gasteiger partial charge in [-0.15, -0.1) is 0 Å². The summed E-state index contributed by atoms with van der Waals surface area (Å²) in [6, 6.07) is 5.15. The average Bonchev–Trinajstić information content (AvgIpc) is 3.04. The number of carboxylic acid groups (broad SMARTS) is 2. The smallest absolute Gasteiger partial charge is 0.335 e. The molecule has 150 valence electrons. The standard InChI is InChI=1S/C8H6O4.C6H13N.C5H10N2O/c9-7(10)5-2-1-3-6(4-5)8(11)12;1-2-4-6-7-5-3-1;6-5(8)4-2-1-3-7-4/h1-4H,(H,9,10)(H,11,12);7H,1-6H2;4,7H,1-3H2,(H2,6,8)/t;;4-/m..0/s1. The highest BCUT2D eigenvalue weighted by Crippen LogP contribution is 2.05. The quantitative estimate of drug-likeness (QED) is 0.535. The molecule has 0 aliphatic carbocycles. The van der Waals surface area contributed by atoms with Crippen LogP contribution in [0.3, 0.4) is 0 Å². The number of aromatic carboxylic acids is 2. The minimum Gasteiger partial charge on any atom is -0.478 e. The van der Waals surface area contributed by atoms with Gasteiger partial charge in [-0.05, 0) is 63.5 Å². The minimum absolute atomic E-state index is 0.0186. The number of nitrogens with one attached hydrogen (secondary N) is 2. The summed E-state index contributed by atoms with van der Waals surface area (Å²) in [5.41, 5.74) is 4.96. The van der Waals surface area contributed by atoms with Crippen molar-refractivity contribution < 1.29 is 24.6 Å². The van der Waals surface area contributed by atoms with E-state index in [-0.39, 0.29) is 23.1 Å². The predicted molar refractivity (Wildman–Crippen MR) is 102 cm³/mol. The van der Waals surface area contributed by atoms with Gasteiger partial charge in [0, 0.05) is 0 Å². The summed E-state index contributed by atoms with van der Waals surface area (Å²) in [5, 5.41) is 23.3. The van der Waals surface area contributed by atoms with Gasteiger partial charge in [0.25, 0.3) is 0 Å². The van der Waals surface area contributed by atoms with Gasteiger partial charge in [-0.25, -0.2) is 9.59 Å². The van der Waals surface area contributed by atoms with E-state index in [4.69, 9.17) is 15.9 Å². The van der Waals surface area contributed by atoms with Gasteiger partial charge in [0.15, 0.2) is 0 Å². The fraction of sp³-hybridized carbons (Fsp3) is 0.526. The molecule has 2 saturated heterocycles. The maximum Gasteiger partial charge on any atom is 0.335 e. The van der Waals surface area contributed by atoms with Crippen molar-refractivity contribution in [3.05, 3.63) is 35.4 Å². The summed E-state index contributed by atoms with van der Waals surface area (Å²) >= 11 is 0. The van der Waals surface area contributed by atoms with E-state index in [2.05, 4.69) is 10.6 Å². The van der Waals surface area contributed by atoms with Crippen LogP contribution in [0.5, 0.6) is 0 Å². The number of primary amides is 1. The minimum atomic E-state index is -1.13. The number of hydrogen-bond donors (Lipinski definition) is 5. The molecule has 2 aliphatic heterocycles. The molecule has 0 bridgehead atoms. The number of carboxylic acids is 2. The van der Waals surface area contributed by atoms with Gasteiger partial charge in [0.1, 0.15) is 0 Å². The Morgan fingerprint density at radius 2 is 1.44 bits per heavy atom. The third-order valence-corrected chi connectivity index (χ3v) is 4.22. The molecule has 2 heterocycles. The monoisotopic (exact) mass is 379 g/mol. The summed E-state index contributed by atoms with van der Waals surface area (Å²) in [7, 11) is 0. The lowest BCUT2D eigenvalue weighted by atomic mass is 10.1. The second kappa shape index (κ2) is 12.8. The van der Waals surface area contributed by atoms with Crippen molar-refractivity contribution in [2.24, 2.45) is 5.73 Å². The van der Waals surface area contributed by atoms with Crippen molar-refractivity contribution in [2.45, 2.75) is 44.6 Å². The Kier molecular flexibility index (Phi) is 10.7. The molecule has 6 N–H and O–H groups in total. The van der Waals surface area contributed by atoms with E-state index in [1.165, 1.54) is 57.0 Å². The van der Waals surface area contributed by atoms with Crippen LogP contribution in [0, 0.1) is 0 Å². The fourth-order valence-electron chi connectivity index (χ4n) is 2.69. The Morgan fingerprint density at radius 3 is 1.81 bits per heavy atom. The zero-order chi connectivity index (χ0) is 20.1. The molecule has 8 heteroatoms. The molecule has 0 aromatic heterocycles. The van der Waals surface area contributed by atoms with E-state index < -0.39 is 11.9 Å². The Morgan fingerprint density at radius 1 is 0.889 bits per heavy atom. The first-order valence-electron chi connectivity index (χ1n) is 9.22. The van der Waals surface area contributed by atoms with Crippen molar-refractivity contribution in [1.82, 2.24) is 10.6 Å². The molecular weight excluding hydrogens is 350 g/mol. The maximum atomic E-state index is 10.4. The van der Waals surface area contributed by atoms with Crippen LogP contribution in [0.25, 0.3) is 0 Å². The number of nitrogens with two attached hydrogens (primary N) is 1. The molecule has 1 aromatic rings. The van der Waals surface area contributed by atoms with Crippen molar-refractivity contribution >= 4 is 17.8 Å². The average molecular weight is 379 g/mol. The summed E-state index contributed by atoms with van der Waals surface area (Å²) < 4.78 is 0. The Hall–Kier alpha value is -2.45. The third kappa shape index (κ3) is 9.72. The summed E-state index contributed by atoms with van der Waals surface area (Å²) in [6.07, 6.45) is 7.64. The Bertz CT molecular complexity index is 566. The zero-order valence-electron chi connectivity index (χ0n) is 15.4. The van der Waals surface area contributed by atoms with Gasteiger partial charge in [0.2, 0.25) is 5.91 Å². The van der Waals surface area contributed by atoms with E-state index in [1.54, 1.807) is 0 Å². The predicted octanol–water partition coefficient (Wildman–Crippen LogP) is 1.46. The molecule has 1 atom stereocenters. The number of hydrogen-bond acceptors (Lipinski definition) is 5. The molecule has 2 aliphatic rings. The fourth-order valence-corrected chi connectivity index (χ4v) is 2.69. The third-order valence-electron chi connectivity index (χ3n) is 4.22. The molecule has 27 heavy (non-hydrogen) atoms. The molecule has 8 nitrogen and oxygen atoms in total. The molecular formula is C19H29N3O5. The van der Waals surface area contributed by atoms with Crippen LogP contribution < -0.4 is 16.4 Å². The molecule has 2 fully saturated rings. The largest absolute Gasteiger partial charge is 0.478 e. The Labute approximate surface area is 159 Å². The lowest BCUT2D eigenvalue weighted by molar-refractivity contribution is -0.119. The lowest BCUT2D eigenvalue weighted by Crippen LogP contribution is -2.36. The van der Waals surface area contributed by atoms with Gasteiger partial charge >= 0.3 is 11.9 Å². The highest BCUT2D eigenvalue weighted by Gasteiger charge is 2.18. The van der Waals surface area contributed by atoms with E-state index >= 15 is 0 Å².